The summed E-state index contributed by atoms with van der Waals surface area (Å²) in [4.78, 5) is 0. The van der Waals surface area contributed by atoms with Crippen molar-refractivity contribution in [1.82, 2.24) is 5.32 Å². The minimum Gasteiger partial charge on any atom is -0.310 e. The monoisotopic (exact) mass is 201 g/mol. The second-order valence-corrected chi connectivity index (χ2v) is 4.84. The SMILES string of the molecule is c1cc2c(c([C@H]3CCCN3)c1)CCCC2. The van der Waals surface area contributed by atoms with E-state index in [9.17, 15) is 0 Å². The molecule has 3 rings (SSSR count). The van der Waals surface area contributed by atoms with E-state index < -0.39 is 0 Å². The van der Waals surface area contributed by atoms with Crippen LogP contribution in [0.2, 0.25) is 0 Å². The molecule has 2 aliphatic rings. The van der Waals surface area contributed by atoms with Gasteiger partial charge in [0.25, 0.3) is 0 Å². The molecule has 1 N–H and O–H groups in total. The van der Waals surface area contributed by atoms with Crippen molar-refractivity contribution in [2.75, 3.05) is 6.54 Å². The van der Waals surface area contributed by atoms with Crippen LogP contribution in [0, 0.1) is 0 Å². The molecule has 0 radical (unpaired) electrons. The molecule has 0 aromatic heterocycles. The molecule has 0 unspecified atom stereocenters. The van der Waals surface area contributed by atoms with E-state index in [0.29, 0.717) is 6.04 Å². The van der Waals surface area contributed by atoms with Crippen LogP contribution in [0.5, 0.6) is 0 Å². The summed E-state index contributed by atoms with van der Waals surface area (Å²) >= 11 is 0. The van der Waals surface area contributed by atoms with E-state index in [1.165, 1.54) is 45.1 Å². The molecule has 1 saturated heterocycles. The molecule has 0 amide bonds. The van der Waals surface area contributed by atoms with Gasteiger partial charge in [0, 0.05) is 6.04 Å². The molecule has 1 nitrogen and oxygen atoms in total. The molecular weight excluding hydrogens is 182 g/mol. The Bertz CT molecular complexity index is 350. The highest BCUT2D eigenvalue weighted by molar-refractivity contribution is 5.39. The Hall–Kier alpha value is -0.820. The number of aryl methyl sites for hydroxylation is 1. The molecule has 1 aromatic carbocycles. The average molecular weight is 201 g/mol. The molecule has 1 aromatic rings. The third-order valence-corrected chi connectivity index (χ3v) is 3.87. The summed E-state index contributed by atoms with van der Waals surface area (Å²) in [6, 6.07) is 7.57. The number of rotatable bonds is 1. The van der Waals surface area contributed by atoms with Crippen molar-refractivity contribution in [1.29, 1.82) is 0 Å². The van der Waals surface area contributed by atoms with Gasteiger partial charge < -0.3 is 5.32 Å². The molecule has 1 heterocycles. The zero-order valence-corrected chi connectivity index (χ0v) is 9.26. The Labute approximate surface area is 91.9 Å². The minimum absolute atomic E-state index is 0.651. The Morgan fingerprint density at radius 2 is 2.00 bits per heavy atom. The molecule has 1 heteroatoms. The summed E-state index contributed by atoms with van der Waals surface area (Å²) in [7, 11) is 0. The van der Waals surface area contributed by atoms with Crippen molar-refractivity contribution in [3.63, 3.8) is 0 Å². The van der Waals surface area contributed by atoms with Crippen molar-refractivity contribution in [2.45, 2.75) is 44.6 Å². The summed E-state index contributed by atoms with van der Waals surface area (Å²) in [5, 5.41) is 3.62. The lowest BCUT2D eigenvalue weighted by Gasteiger charge is -2.22. The predicted octanol–water partition coefficient (Wildman–Crippen LogP) is 2.99. The Kier molecular flexibility index (Phi) is 2.49. The number of nitrogens with one attached hydrogen (secondary N) is 1. The smallest absolute Gasteiger partial charge is 0.0323 e. The lowest BCUT2D eigenvalue weighted by atomic mass is 9.85. The highest BCUT2D eigenvalue weighted by atomic mass is 14.9. The summed E-state index contributed by atoms with van der Waals surface area (Å²) in [5.41, 5.74) is 4.89. The molecule has 80 valence electrons. The molecule has 15 heavy (non-hydrogen) atoms. The van der Waals surface area contributed by atoms with Crippen molar-refractivity contribution < 1.29 is 0 Å². The lowest BCUT2D eigenvalue weighted by molar-refractivity contribution is 0.616. The van der Waals surface area contributed by atoms with E-state index in [2.05, 4.69) is 23.5 Å². The van der Waals surface area contributed by atoms with Crippen LogP contribution in [0.4, 0.5) is 0 Å². The van der Waals surface area contributed by atoms with Gasteiger partial charge in [0.1, 0.15) is 0 Å². The van der Waals surface area contributed by atoms with Crippen molar-refractivity contribution in [2.24, 2.45) is 0 Å². The second-order valence-electron chi connectivity index (χ2n) is 4.84. The van der Waals surface area contributed by atoms with E-state index in [1.54, 1.807) is 16.7 Å². The Morgan fingerprint density at radius 3 is 2.87 bits per heavy atom. The van der Waals surface area contributed by atoms with Crippen LogP contribution in [0.1, 0.15) is 48.4 Å². The van der Waals surface area contributed by atoms with Crippen LogP contribution < -0.4 is 5.32 Å². The molecule has 0 saturated carbocycles. The maximum Gasteiger partial charge on any atom is 0.0323 e. The van der Waals surface area contributed by atoms with Gasteiger partial charge in [-0.2, -0.15) is 0 Å². The van der Waals surface area contributed by atoms with Gasteiger partial charge in [0.05, 0.1) is 0 Å². The zero-order valence-electron chi connectivity index (χ0n) is 9.26. The highest BCUT2D eigenvalue weighted by Gasteiger charge is 2.21. The van der Waals surface area contributed by atoms with Gasteiger partial charge in [-0.3, -0.25) is 0 Å². The predicted molar refractivity (Wildman–Crippen MR) is 63.1 cm³/mol. The first-order valence-corrected chi connectivity index (χ1v) is 6.29. The molecule has 0 bridgehead atoms. The fourth-order valence-electron chi connectivity index (χ4n) is 3.09. The van der Waals surface area contributed by atoms with Crippen molar-refractivity contribution in [3.05, 3.63) is 34.9 Å². The summed E-state index contributed by atoms with van der Waals surface area (Å²) in [6.45, 7) is 1.20. The first-order chi connectivity index (χ1) is 7.45. The second kappa shape index (κ2) is 3.97. The molecular formula is C14H19N. The van der Waals surface area contributed by atoms with Crippen LogP contribution in [-0.4, -0.2) is 6.54 Å². The van der Waals surface area contributed by atoms with E-state index in [-0.39, 0.29) is 0 Å². The van der Waals surface area contributed by atoms with Gasteiger partial charge >= 0.3 is 0 Å². The minimum atomic E-state index is 0.651. The van der Waals surface area contributed by atoms with Gasteiger partial charge in [-0.25, -0.2) is 0 Å². The third kappa shape index (κ3) is 1.69. The average Bonchev–Trinajstić information content (AvgIpc) is 2.82. The topological polar surface area (TPSA) is 12.0 Å². The highest BCUT2D eigenvalue weighted by Crippen LogP contribution is 2.31. The largest absolute Gasteiger partial charge is 0.310 e. The van der Waals surface area contributed by atoms with Gasteiger partial charge in [-0.05, 0) is 61.8 Å². The summed E-state index contributed by atoms with van der Waals surface area (Å²) < 4.78 is 0. The fraction of sp³-hybridized carbons (Fsp3) is 0.571. The first-order valence-electron chi connectivity index (χ1n) is 6.29. The first kappa shape index (κ1) is 9.41. The standard InChI is InChI=1S/C14H19N/c1-2-7-12-11(5-1)6-3-8-13(12)14-9-4-10-15-14/h3,6,8,14-15H,1-2,4-5,7,9-10H2/t14-/m1/s1. The van der Waals surface area contributed by atoms with Crippen LogP contribution in [-0.2, 0) is 12.8 Å². The number of hydrogen-bond donors (Lipinski definition) is 1. The van der Waals surface area contributed by atoms with Crippen LogP contribution in [0.15, 0.2) is 18.2 Å². The normalized spacial score (nSPS) is 25.2. The maximum atomic E-state index is 3.62. The van der Waals surface area contributed by atoms with Gasteiger partial charge in [-0.1, -0.05) is 18.2 Å². The van der Waals surface area contributed by atoms with Crippen molar-refractivity contribution >= 4 is 0 Å². The van der Waals surface area contributed by atoms with E-state index in [0.717, 1.165) is 0 Å². The number of hydrogen-bond acceptors (Lipinski definition) is 1. The van der Waals surface area contributed by atoms with Crippen molar-refractivity contribution in [3.8, 4) is 0 Å². The van der Waals surface area contributed by atoms with Gasteiger partial charge in [0.2, 0.25) is 0 Å². The molecule has 1 atom stereocenters. The van der Waals surface area contributed by atoms with E-state index in [1.807, 2.05) is 0 Å². The lowest BCUT2D eigenvalue weighted by Crippen LogP contribution is -2.17. The van der Waals surface area contributed by atoms with Crippen LogP contribution in [0.3, 0.4) is 0 Å². The van der Waals surface area contributed by atoms with Crippen LogP contribution >= 0.6 is 0 Å². The zero-order chi connectivity index (χ0) is 10.1. The third-order valence-electron chi connectivity index (χ3n) is 3.87. The maximum absolute atomic E-state index is 3.62. The van der Waals surface area contributed by atoms with Gasteiger partial charge in [-0.15, -0.1) is 0 Å². The Morgan fingerprint density at radius 1 is 1.07 bits per heavy atom. The van der Waals surface area contributed by atoms with E-state index >= 15 is 0 Å². The molecule has 0 spiro atoms. The quantitative estimate of drug-likeness (QED) is 0.736. The Balaban J connectivity index is 1.99. The number of benzene rings is 1. The van der Waals surface area contributed by atoms with Crippen LogP contribution in [0.25, 0.3) is 0 Å². The summed E-state index contributed by atoms with van der Waals surface area (Å²) in [6.07, 6.45) is 8.05. The summed E-state index contributed by atoms with van der Waals surface area (Å²) in [5.74, 6) is 0. The van der Waals surface area contributed by atoms with E-state index in [4.69, 9.17) is 0 Å². The molecule has 1 fully saturated rings. The fourth-order valence-corrected chi connectivity index (χ4v) is 3.09. The molecule has 1 aliphatic carbocycles. The number of fused-ring (bicyclic) bond motifs is 1. The van der Waals surface area contributed by atoms with Gasteiger partial charge in [0.15, 0.2) is 0 Å². The molecule has 1 aliphatic heterocycles.